The summed E-state index contributed by atoms with van der Waals surface area (Å²) >= 11 is 1.93. The van der Waals surface area contributed by atoms with Gasteiger partial charge in [-0.1, -0.05) is 6.92 Å². The maximum atomic E-state index is 5.40. The fourth-order valence-corrected chi connectivity index (χ4v) is 1.72. The highest BCUT2D eigenvalue weighted by atomic mass is 32.2. The molecule has 0 unspecified atom stereocenters. The van der Waals surface area contributed by atoms with Gasteiger partial charge in [0.05, 0.1) is 39.6 Å². The van der Waals surface area contributed by atoms with Crippen molar-refractivity contribution < 1.29 is 14.2 Å². The number of rotatable bonds is 13. The largest absolute Gasteiger partial charge is 0.378 e. The Morgan fingerprint density at radius 2 is 1.38 bits per heavy atom. The van der Waals surface area contributed by atoms with E-state index in [0.717, 1.165) is 12.4 Å². The Hall–Kier alpha value is 0.190. The Bertz CT molecular complexity index is 114. The quantitative estimate of drug-likeness (QED) is 0.497. The summed E-state index contributed by atoms with van der Waals surface area (Å²) in [4.78, 5) is 0. The van der Waals surface area contributed by atoms with E-state index < -0.39 is 0 Å². The van der Waals surface area contributed by atoms with Crippen LogP contribution in [0.4, 0.5) is 0 Å². The van der Waals surface area contributed by atoms with Crippen molar-refractivity contribution in [2.45, 2.75) is 13.3 Å². The molecule has 0 aromatic heterocycles. The zero-order valence-electron chi connectivity index (χ0n) is 10.3. The summed E-state index contributed by atoms with van der Waals surface area (Å²) in [5.74, 6) is 2.30. The van der Waals surface area contributed by atoms with E-state index in [1.807, 2.05) is 11.8 Å². The molecule has 5 heteroatoms. The molecule has 0 spiro atoms. The van der Waals surface area contributed by atoms with Crippen LogP contribution in [0.5, 0.6) is 0 Å². The first-order valence-corrected chi connectivity index (χ1v) is 7.08. The fourth-order valence-electron chi connectivity index (χ4n) is 0.989. The Labute approximate surface area is 103 Å². The van der Waals surface area contributed by atoms with Gasteiger partial charge in [-0.3, -0.25) is 0 Å². The molecule has 0 aromatic rings. The van der Waals surface area contributed by atoms with Gasteiger partial charge >= 0.3 is 0 Å². The zero-order valence-corrected chi connectivity index (χ0v) is 11.1. The van der Waals surface area contributed by atoms with Gasteiger partial charge in [-0.25, -0.2) is 0 Å². The minimum Gasteiger partial charge on any atom is -0.378 e. The second kappa shape index (κ2) is 15.2. The number of thioether (sulfide) groups is 1. The Morgan fingerprint density at radius 3 is 1.94 bits per heavy atom. The molecular weight excluding hydrogens is 226 g/mol. The lowest BCUT2D eigenvalue weighted by atomic mass is 10.6. The topological polar surface area (TPSA) is 53.7 Å². The molecule has 4 nitrogen and oxygen atoms in total. The molecule has 2 N–H and O–H groups in total. The van der Waals surface area contributed by atoms with Crippen molar-refractivity contribution in [3.63, 3.8) is 0 Å². The molecule has 0 heterocycles. The lowest BCUT2D eigenvalue weighted by Gasteiger charge is -2.06. The monoisotopic (exact) mass is 251 g/mol. The van der Waals surface area contributed by atoms with E-state index in [0.29, 0.717) is 39.6 Å². The van der Waals surface area contributed by atoms with Gasteiger partial charge in [0.2, 0.25) is 0 Å². The standard InChI is InChI=1S/C11H25NO3S/c1-2-10-16-11-9-15-8-7-14-6-5-13-4-3-12/h2-12H2,1H3. The third-order valence-electron chi connectivity index (χ3n) is 1.73. The van der Waals surface area contributed by atoms with E-state index in [1.165, 1.54) is 12.2 Å². The van der Waals surface area contributed by atoms with Crippen LogP contribution in [0.15, 0.2) is 0 Å². The van der Waals surface area contributed by atoms with Crippen molar-refractivity contribution in [2.75, 3.05) is 57.7 Å². The van der Waals surface area contributed by atoms with Gasteiger partial charge in [0, 0.05) is 12.3 Å². The van der Waals surface area contributed by atoms with Crippen LogP contribution in [0.2, 0.25) is 0 Å². The molecule has 0 saturated carbocycles. The molecular formula is C11H25NO3S. The highest BCUT2D eigenvalue weighted by Gasteiger charge is 1.91. The number of hydrogen-bond acceptors (Lipinski definition) is 5. The van der Waals surface area contributed by atoms with Gasteiger partial charge in [0.1, 0.15) is 0 Å². The second-order valence-electron chi connectivity index (χ2n) is 3.24. The molecule has 16 heavy (non-hydrogen) atoms. The minimum atomic E-state index is 0.568. The van der Waals surface area contributed by atoms with Gasteiger partial charge < -0.3 is 19.9 Å². The number of ether oxygens (including phenoxy) is 3. The first-order chi connectivity index (χ1) is 7.91. The first-order valence-electron chi connectivity index (χ1n) is 5.92. The maximum Gasteiger partial charge on any atom is 0.0701 e. The van der Waals surface area contributed by atoms with Crippen LogP contribution in [-0.2, 0) is 14.2 Å². The lowest BCUT2D eigenvalue weighted by Crippen LogP contribution is -2.13. The SMILES string of the molecule is CCCSCCOCCOCCOCCN. The van der Waals surface area contributed by atoms with E-state index in [2.05, 4.69) is 6.92 Å². The van der Waals surface area contributed by atoms with E-state index >= 15 is 0 Å². The molecule has 0 aliphatic carbocycles. The molecule has 0 saturated heterocycles. The Morgan fingerprint density at radius 1 is 0.812 bits per heavy atom. The summed E-state index contributed by atoms with van der Waals surface area (Å²) in [7, 11) is 0. The lowest BCUT2D eigenvalue weighted by molar-refractivity contribution is 0.0190. The summed E-state index contributed by atoms with van der Waals surface area (Å²) in [6.45, 7) is 6.73. The van der Waals surface area contributed by atoms with Gasteiger partial charge in [-0.05, 0) is 12.2 Å². The van der Waals surface area contributed by atoms with Gasteiger partial charge in [0.25, 0.3) is 0 Å². The fraction of sp³-hybridized carbons (Fsp3) is 1.00. The number of hydrogen-bond donors (Lipinski definition) is 1. The van der Waals surface area contributed by atoms with E-state index in [-0.39, 0.29) is 0 Å². The summed E-state index contributed by atoms with van der Waals surface area (Å²) in [6, 6.07) is 0. The predicted molar refractivity (Wildman–Crippen MR) is 69.1 cm³/mol. The Kier molecular flexibility index (Phi) is 15.4. The molecule has 0 fully saturated rings. The van der Waals surface area contributed by atoms with E-state index in [1.54, 1.807) is 0 Å². The minimum absolute atomic E-state index is 0.568. The van der Waals surface area contributed by atoms with Crippen molar-refractivity contribution in [3.05, 3.63) is 0 Å². The molecule has 0 aliphatic rings. The highest BCUT2D eigenvalue weighted by Crippen LogP contribution is 2.00. The van der Waals surface area contributed by atoms with Crippen LogP contribution in [0.3, 0.4) is 0 Å². The van der Waals surface area contributed by atoms with Gasteiger partial charge in [-0.15, -0.1) is 0 Å². The van der Waals surface area contributed by atoms with Crippen molar-refractivity contribution in [1.29, 1.82) is 0 Å². The van der Waals surface area contributed by atoms with Crippen LogP contribution in [0.1, 0.15) is 13.3 Å². The zero-order chi connectivity index (χ0) is 11.9. The third kappa shape index (κ3) is 14.2. The average molecular weight is 251 g/mol. The summed E-state index contributed by atoms with van der Waals surface area (Å²) < 4.78 is 15.9. The van der Waals surface area contributed by atoms with Crippen LogP contribution in [-0.4, -0.2) is 57.7 Å². The van der Waals surface area contributed by atoms with Crippen molar-refractivity contribution in [2.24, 2.45) is 5.73 Å². The molecule has 0 aromatic carbocycles. The maximum absolute atomic E-state index is 5.40. The first kappa shape index (κ1) is 16.2. The Balaban J connectivity index is 2.83. The molecule has 0 radical (unpaired) electrons. The van der Waals surface area contributed by atoms with Crippen molar-refractivity contribution in [1.82, 2.24) is 0 Å². The van der Waals surface area contributed by atoms with Gasteiger partial charge in [-0.2, -0.15) is 11.8 Å². The van der Waals surface area contributed by atoms with Gasteiger partial charge in [0.15, 0.2) is 0 Å². The van der Waals surface area contributed by atoms with Crippen molar-refractivity contribution >= 4 is 11.8 Å². The third-order valence-corrected chi connectivity index (χ3v) is 2.88. The molecule has 98 valence electrons. The van der Waals surface area contributed by atoms with E-state index in [9.17, 15) is 0 Å². The molecule has 0 rings (SSSR count). The normalized spacial score (nSPS) is 10.9. The van der Waals surface area contributed by atoms with E-state index in [4.69, 9.17) is 19.9 Å². The molecule has 0 bridgehead atoms. The molecule has 0 aliphatic heterocycles. The average Bonchev–Trinajstić information content (AvgIpc) is 2.31. The highest BCUT2D eigenvalue weighted by molar-refractivity contribution is 7.99. The van der Waals surface area contributed by atoms with Crippen LogP contribution >= 0.6 is 11.8 Å². The predicted octanol–water partition coefficient (Wildman–Crippen LogP) is 1.14. The smallest absolute Gasteiger partial charge is 0.0701 e. The van der Waals surface area contributed by atoms with Crippen LogP contribution < -0.4 is 5.73 Å². The summed E-state index contributed by atoms with van der Waals surface area (Å²) in [6.07, 6.45) is 1.23. The van der Waals surface area contributed by atoms with Crippen LogP contribution in [0.25, 0.3) is 0 Å². The number of nitrogens with two attached hydrogens (primary N) is 1. The summed E-state index contributed by atoms with van der Waals surface area (Å²) in [5, 5.41) is 0. The molecule has 0 atom stereocenters. The molecule has 0 amide bonds. The second-order valence-corrected chi connectivity index (χ2v) is 4.46. The van der Waals surface area contributed by atoms with Crippen LogP contribution in [0, 0.1) is 0 Å². The van der Waals surface area contributed by atoms with Crippen molar-refractivity contribution in [3.8, 4) is 0 Å². The summed E-state index contributed by atoms with van der Waals surface area (Å²) in [5.41, 5.74) is 5.27.